The fourth-order valence-electron chi connectivity index (χ4n) is 3.27. The van der Waals surface area contributed by atoms with E-state index in [1.807, 2.05) is 48.5 Å². The highest BCUT2D eigenvalue weighted by atomic mass is 16.3. The molecule has 30 heavy (non-hydrogen) atoms. The maximum atomic E-state index is 11.9. The first-order chi connectivity index (χ1) is 14.7. The van der Waals surface area contributed by atoms with E-state index < -0.39 is 6.10 Å². The summed E-state index contributed by atoms with van der Waals surface area (Å²) in [5.74, 6) is -0.271. The van der Waals surface area contributed by atoms with Gasteiger partial charge in [-0.15, -0.1) is 0 Å². The number of carbonyl (C=O) groups is 1. The highest BCUT2D eigenvalue weighted by Crippen LogP contribution is 2.19. The van der Waals surface area contributed by atoms with Crippen molar-refractivity contribution in [2.75, 3.05) is 0 Å². The van der Waals surface area contributed by atoms with Crippen LogP contribution in [0.3, 0.4) is 0 Å². The van der Waals surface area contributed by atoms with Crippen LogP contribution in [0, 0.1) is 0 Å². The Bertz CT molecular complexity index is 1160. The molecule has 5 aromatic rings. The summed E-state index contributed by atoms with van der Waals surface area (Å²) in [5, 5.41) is 12.3. The number of para-hydroxylation sites is 2. The number of aromatic nitrogens is 1. The monoisotopic (exact) mass is 391 g/mol. The van der Waals surface area contributed by atoms with Gasteiger partial charge in [0.15, 0.2) is 5.78 Å². The number of ketones is 1. The van der Waals surface area contributed by atoms with E-state index in [2.05, 4.69) is 23.2 Å². The van der Waals surface area contributed by atoms with Gasteiger partial charge in [0.2, 0.25) is 0 Å². The van der Waals surface area contributed by atoms with Gasteiger partial charge in [-0.2, -0.15) is 0 Å². The van der Waals surface area contributed by atoms with Gasteiger partial charge in [0.1, 0.15) is 6.10 Å². The van der Waals surface area contributed by atoms with Crippen molar-refractivity contribution >= 4 is 27.6 Å². The molecule has 1 atom stereocenters. The topological polar surface area (TPSA) is 50.2 Å². The highest BCUT2D eigenvalue weighted by Gasteiger charge is 2.18. The Labute approximate surface area is 175 Å². The van der Waals surface area contributed by atoms with E-state index in [0.29, 0.717) is 11.1 Å². The summed E-state index contributed by atoms with van der Waals surface area (Å²) >= 11 is 0. The Morgan fingerprint density at radius 3 is 1.67 bits per heavy atom. The predicted octanol–water partition coefficient (Wildman–Crippen LogP) is 5.99. The third-order valence-corrected chi connectivity index (χ3v) is 4.85. The smallest absolute Gasteiger partial charge is 0.195 e. The molecule has 0 spiro atoms. The number of fused-ring (bicyclic) bond motifs is 2. The number of Topliss-reactive ketones (excluding diaryl/α,β-unsaturated/α-hetero) is 1. The Morgan fingerprint density at radius 2 is 1.10 bits per heavy atom. The molecule has 0 radical (unpaired) electrons. The molecular weight excluding hydrogens is 370 g/mol. The highest BCUT2D eigenvalue weighted by molar-refractivity contribution is 5.99. The summed E-state index contributed by atoms with van der Waals surface area (Å²) in [5.41, 5.74) is 3.27. The van der Waals surface area contributed by atoms with Gasteiger partial charge >= 0.3 is 0 Å². The molecule has 0 amide bonds. The lowest BCUT2D eigenvalue weighted by Gasteiger charge is -2.09. The Balaban J connectivity index is 0.000000146. The zero-order valence-electron chi connectivity index (χ0n) is 16.3. The lowest BCUT2D eigenvalue weighted by atomic mass is 10.0. The Morgan fingerprint density at radius 1 is 0.633 bits per heavy atom. The number of hydrogen-bond acceptors (Lipinski definition) is 3. The number of aliphatic hydroxyl groups is 1. The number of rotatable bonds is 3. The maximum absolute atomic E-state index is 11.9. The van der Waals surface area contributed by atoms with Crippen LogP contribution in [-0.2, 0) is 0 Å². The fourth-order valence-corrected chi connectivity index (χ4v) is 3.27. The number of hydrogen-bond donors (Lipinski definition) is 1. The number of aliphatic hydroxyl groups excluding tert-OH is 1. The number of carbonyl (C=O) groups excluding carboxylic acids is 1. The van der Waals surface area contributed by atoms with E-state index in [-0.39, 0.29) is 5.78 Å². The minimum Gasteiger partial charge on any atom is -0.380 e. The average molecular weight is 391 g/mol. The van der Waals surface area contributed by atoms with E-state index in [1.165, 1.54) is 10.8 Å². The molecule has 0 aliphatic heterocycles. The summed E-state index contributed by atoms with van der Waals surface area (Å²) in [4.78, 5) is 16.5. The molecule has 1 unspecified atom stereocenters. The first-order valence-electron chi connectivity index (χ1n) is 9.79. The van der Waals surface area contributed by atoms with Crippen LogP contribution in [0.2, 0.25) is 0 Å². The molecule has 0 bridgehead atoms. The zero-order valence-corrected chi connectivity index (χ0v) is 16.3. The molecule has 5 rings (SSSR count). The van der Waals surface area contributed by atoms with Gasteiger partial charge < -0.3 is 5.11 Å². The molecule has 1 aromatic heterocycles. The molecule has 0 fully saturated rings. The van der Waals surface area contributed by atoms with Crippen LogP contribution < -0.4 is 0 Å². The molecule has 0 saturated heterocycles. The van der Waals surface area contributed by atoms with Crippen molar-refractivity contribution in [3.63, 3.8) is 0 Å². The first-order valence-corrected chi connectivity index (χ1v) is 9.79. The van der Waals surface area contributed by atoms with E-state index in [0.717, 1.165) is 11.0 Å². The quantitative estimate of drug-likeness (QED) is 0.303. The van der Waals surface area contributed by atoms with Crippen LogP contribution in [0.4, 0.5) is 0 Å². The van der Waals surface area contributed by atoms with Crippen molar-refractivity contribution in [2.45, 2.75) is 6.10 Å². The van der Waals surface area contributed by atoms with Gasteiger partial charge in [-0.3, -0.25) is 4.79 Å². The van der Waals surface area contributed by atoms with Gasteiger partial charge in [-0.1, -0.05) is 97.1 Å². The molecule has 0 aliphatic rings. The van der Waals surface area contributed by atoms with Crippen LogP contribution in [0.5, 0.6) is 0 Å². The van der Waals surface area contributed by atoms with Crippen LogP contribution in [-0.4, -0.2) is 15.9 Å². The SMILES string of the molecule is O=C(c1ccccc1)C(O)c1ccccc1.c1ccc2nc3ccccc3cc2c1. The largest absolute Gasteiger partial charge is 0.380 e. The predicted molar refractivity (Wildman–Crippen MR) is 121 cm³/mol. The lowest BCUT2D eigenvalue weighted by Crippen LogP contribution is -2.11. The summed E-state index contributed by atoms with van der Waals surface area (Å²) in [6.07, 6.45) is -1.08. The van der Waals surface area contributed by atoms with Gasteiger partial charge in [0.25, 0.3) is 0 Å². The molecule has 4 aromatic carbocycles. The molecule has 1 heterocycles. The normalized spacial score (nSPS) is 11.5. The second kappa shape index (κ2) is 9.12. The lowest BCUT2D eigenvalue weighted by molar-refractivity contribution is 0.0747. The van der Waals surface area contributed by atoms with E-state index in [1.54, 1.807) is 48.5 Å². The van der Waals surface area contributed by atoms with Crippen LogP contribution >= 0.6 is 0 Å². The maximum Gasteiger partial charge on any atom is 0.195 e. The minimum absolute atomic E-state index is 0.271. The van der Waals surface area contributed by atoms with Crippen molar-refractivity contribution in [1.82, 2.24) is 4.98 Å². The van der Waals surface area contributed by atoms with E-state index >= 15 is 0 Å². The summed E-state index contributed by atoms with van der Waals surface area (Å²) in [7, 11) is 0. The number of pyridine rings is 1. The van der Waals surface area contributed by atoms with Crippen molar-refractivity contribution in [3.8, 4) is 0 Å². The van der Waals surface area contributed by atoms with Gasteiger partial charge in [0, 0.05) is 16.3 Å². The molecule has 3 heteroatoms. The van der Waals surface area contributed by atoms with Crippen molar-refractivity contribution in [1.29, 1.82) is 0 Å². The third kappa shape index (κ3) is 4.43. The molecule has 0 saturated carbocycles. The Hall–Kier alpha value is -3.82. The second-order valence-corrected chi connectivity index (χ2v) is 6.92. The van der Waals surface area contributed by atoms with Crippen molar-refractivity contribution in [3.05, 3.63) is 126 Å². The Kier molecular flexibility index (Phi) is 5.93. The first kappa shape index (κ1) is 19.5. The summed E-state index contributed by atoms with van der Waals surface area (Å²) in [6, 6.07) is 36.3. The summed E-state index contributed by atoms with van der Waals surface area (Å²) < 4.78 is 0. The average Bonchev–Trinajstić information content (AvgIpc) is 2.83. The molecule has 146 valence electrons. The van der Waals surface area contributed by atoms with E-state index in [9.17, 15) is 9.90 Å². The third-order valence-electron chi connectivity index (χ3n) is 4.85. The molecule has 0 aliphatic carbocycles. The summed E-state index contributed by atoms with van der Waals surface area (Å²) in [6.45, 7) is 0. The second-order valence-electron chi connectivity index (χ2n) is 6.92. The molecule has 1 N–H and O–H groups in total. The van der Waals surface area contributed by atoms with Gasteiger partial charge in [-0.05, 0) is 23.8 Å². The van der Waals surface area contributed by atoms with Crippen molar-refractivity contribution in [2.24, 2.45) is 0 Å². The van der Waals surface area contributed by atoms with Gasteiger partial charge in [0.05, 0.1) is 11.0 Å². The standard InChI is InChI=1S/C14H12O2.C13H9N/c15-13(11-7-3-1-4-8-11)14(16)12-9-5-2-6-10-12;1-3-7-12-10(5-1)9-11-6-2-4-8-13(11)14-12/h1-10,13,15H;1-9H. The van der Waals surface area contributed by atoms with Crippen LogP contribution in [0.1, 0.15) is 22.0 Å². The van der Waals surface area contributed by atoms with Crippen LogP contribution in [0.15, 0.2) is 115 Å². The zero-order chi connectivity index (χ0) is 20.8. The molecule has 3 nitrogen and oxygen atoms in total. The van der Waals surface area contributed by atoms with Crippen molar-refractivity contribution < 1.29 is 9.90 Å². The fraction of sp³-hybridized carbons (Fsp3) is 0.0370. The minimum atomic E-state index is -1.08. The molecular formula is C27H21NO2. The van der Waals surface area contributed by atoms with Crippen LogP contribution in [0.25, 0.3) is 21.8 Å². The number of nitrogens with zero attached hydrogens (tertiary/aromatic N) is 1. The number of benzene rings is 4. The van der Waals surface area contributed by atoms with Gasteiger partial charge in [-0.25, -0.2) is 4.98 Å². The van der Waals surface area contributed by atoms with E-state index in [4.69, 9.17) is 0 Å².